The fourth-order valence-electron chi connectivity index (χ4n) is 4.35. The third-order valence-corrected chi connectivity index (χ3v) is 6.53. The molecule has 0 unspecified atom stereocenters. The SMILES string of the molecule is CCc1[nH]c(=O)n(-c2ccc(F)cc2)c(=O)c1C(=O)O.COc1cc2nccc(Nc3ccc(C(N)=O)cc3)c2cc1OC. The lowest BCUT2D eigenvalue weighted by Crippen LogP contribution is -2.38. The molecule has 0 saturated heterocycles. The van der Waals surface area contributed by atoms with Crippen LogP contribution in [0.5, 0.6) is 11.5 Å². The number of nitrogens with one attached hydrogen (secondary N) is 2. The van der Waals surface area contributed by atoms with Gasteiger partial charge in [-0.15, -0.1) is 0 Å². The minimum absolute atomic E-state index is 0.0610. The van der Waals surface area contributed by atoms with Crippen molar-refractivity contribution in [3.8, 4) is 17.2 Å². The Bertz CT molecular complexity index is 1950. The zero-order valence-electron chi connectivity index (χ0n) is 23.9. The number of aromatic carboxylic acids is 1. The van der Waals surface area contributed by atoms with Crippen molar-refractivity contribution in [1.29, 1.82) is 0 Å². The number of anilines is 2. The number of amides is 1. The van der Waals surface area contributed by atoms with E-state index >= 15 is 0 Å². The Morgan fingerprint density at radius 3 is 2.20 bits per heavy atom. The molecular weight excluding hydrogens is 573 g/mol. The van der Waals surface area contributed by atoms with Crippen LogP contribution < -0.4 is 31.8 Å². The molecule has 2 aromatic heterocycles. The highest BCUT2D eigenvalue weighted by Gasteiger charge is 2.19. The number of H-pyrrole nitrogens is 1. The smallest absolute Gasteiger partial charge is 0.343 e. The number of ether oxygens (including phenoxy) is 2. The lowest BCUT2D eigenvalue weighted by molar-refractivity contribution is 0.0692. The topological polar surface area (TPSA) is 179 Å². The van der Waals surface area contributed by atoms with Crippen molar-refractivity contribution in [2.45, 2.75) is 13.3 Å². The second-order valence-electron chi connectivity index (χ2n) is 9.21. The molecule has 3 aromatic carbocycles. The fourth-order valence-corrected chi connectivity index (χ4v) is 4.35. The summed E-state index contributed by atoms with van der Waals surface area (Å²) in [6.07, 6.45) is 1.92. The third-order valence-electron chi connectivity index (χ3n) is 6.53. The summed E-state index contributed by atoms with van der Waals surface area (Å²) in [6, 6.07) is 17.1. The van der Waals surface area contributed by atoms with Crippen LogP contribution in [0.3, 0.4) is 0 Å². The number of methoxy groups -OCH3 is 2. The van der Waals surface area contributed by atoms with Crippen LogP contribution >= 0.6 is 0 Å². The maximum absolute atomic E-state index is 12.9. The standard InChI is InChI=1S/C18H17N3O3.C13H11FN2O4/c1-23-16-9-13-14(7-8-20-15(13)10-17(16)24-2)21-12-5-3-11(4-6-12)18(19)22;1-2-9-10(12(18)19)11(17)16(13(20)15-9)8-5-3-7(14)4-6-8/h3-10H,1-2H3,(H2,19,22)(H,20,21);3-6H,2H2,1H3,(H,15,20)(H,18,19). The Balaban J connectivity index is 0.000000204. The molecule has 226 valence electrons. The van der Waals surface area contributed by atoms with E-state index in [1.54, 1.807) is 51.6 Å². The zero-order chi connectivity index (χ0) is 32.0. The van der Waals surface area contributed by atoms with Crippen LogP contribution in [-0.2, 0) is 6.42 Å². The van der Waals surface area contributed by atoms with Gasteiger partial charge in [0.2, 0.25) is 5.91 Å². The van der Waals surface area contributed by atoms with Crippen molar-refractivity contribution in [2.24, 2.45) is 5.73 Å². The van der Waals surface area contributed by atoms with Crippen molar-refractivity contribution in [3.63, 3.8) is 0 Å². The molecule has 0 fully saturated rings. The number of hydrogen-bond acceptors (Lipinski definition) is 8. The first-order valence-corrected chi connectivity index (χ1v) is 13.1. The van der Waals surface area contributed by atoms with Gasteiger partial charge in [0, 0.05) is 40.3 Å². The van der Waals surface area contributed by atoms with Gasteiger partial charge in [0.1, 0.15) is 11.4 Å². The lowest BCUT2D eigenvalue weighted by Gasteiger charge is -2.13. The number of aryl methyl sites for hydroxylation is 1. The number of carbonyl (C=O) groups is 2. The van der Waals surface area contributed by atoms with E-state index in [0.717, 1.165) is 34.4 Å². The fraction of sp³-hybridized carbons (Fsp3) is 0.129. The molecule has 0 aliphatic rings. The number of rotatable bonds is 8. The number of primary amides is 1. The largest absolute Gasteiger partial charge is 0.493 e. The number of fused-ring (bicyclic) bond motifs is 1. The van der Waals surface area contributed by atoms with Crippen LogP contribution in [0.25, 0.3) is 16.6 Å². The highest BCUT2D eigenvalue weighted by atomic mass is 19.1. The Kier molecular flexibility index (Phi) is 9.38. The lowest BCUT2D eigenvalue weighted by atomic mass is 10.1. The van der Waals surface area contributed by atoms with Gasteiger partial charge in [0.25, 0.3) is 5.56 Å². The molecule has 5 aromatic rings. The van der Waals surface area contributed by atoms with E-state index in [4.69, 9.17) is 20.3 Å². The number of nitrogens with two attached hydrogens (primary N) is 1. The molecule has 5 N–H and O–H groups in total. The molecule has 0 radical (unpaired) electrons. The summed E-state index contributed by atoms with van der Waals surface area (Å²) in [4.78, 5) is 53.1. The normalized spacial score (nSPS) is 10.5. The number of carboxylic acid groups (broad SMARTS) is 1. The number of aromatic nitrogens is 3. The third kappa shape index (κ3) is 6.57. The summed E-state index contributed by atoms with van der Waals surface area (Å²) >= 11 is 0. The molecule has 0 aliphatic heterocycles. The second kappa shape index (κ2) is 13.3. The monoisotopic (exact) mass is 601 g/mol. The highest BCUT2D eigenvalue weighted by molar-refractivity contribution is 5.96. The van der Waals surface area contributed by atoms with Gasteiger partial charge >= 0.3 is 11.7 Å². The molecule has 1 amide bonds. The van der Waals surface area contributed by atoms with E-state index in [0.29, 0.717) is 21.6 Å². The molecular formula is C31H28FN5O7. The van der Waals surface area contributed by atoms with E-state index in [1.165, 1.54) is 12.1 Å². The molecule has 0 bridgehead atoms. The van der Waals surface area contributed by atoms with Gasteiger partial charge in [-0.25, -0.2) is 18.5 Å². The molecule has 13 heteroatoms. The number of hydrogen-bond donors (Lipinski definition) is 4. The van der Waals surface area contributed by atoms with E-state index in [9.17, 15) is 23.6 Å². The number of benzene rings is 3. The van der Waals surface area contributed by atoms with Crippen molar-refractivity contribution in [2.75, 3.05) is 19.5 Å². The van der Waals surface area contributed by atoms with Crippen molar-refractivity contribution in [1.82, 2.24) is 14.5 Å². The first-order valence-electron chi connectivity index (χ1n) is 13.1. The van der Waals surface area contributed by atoms with Gasteiger partial charge < -0.3 is 30.6 Å². The summed E-state index contributed by atoms with van der Waals surface area (Å²) in [5.74, 6) is -1.14. The predicted octanol–water partition coefficient (Wildman–Crippen LogP) is 4.02. The van der Waals surface area contributed by atoms with E-state index in [1.807, 2.05) is 18.2 Å². The Morgan fingerprint density at radius 1 is 1.00 bits per heavy atom. The molecule has 5 rings (SSSR count). The maximum Gasteiger partial charge on any atom is 0.343 e. The minimum atomic E-state index is -1.42. The Labute approximate surface area is 249 Å². The number of pyridine rings is 1. The summed E-state index contributed by atoms with van der Waals surface area (Å²) in [6.45, 7) is 1.62. The van der Waals surface area contributed by atoms with Crippen LogP contribution in [0.4, 0.5) is 15.8 Å². The molecule has 12 nitrogen and oxygen atoms in total. The maximum atomic E-state index is 12.9. The predicted molar refractivity (Wildman–Crippen MR) is 162 cm³/mol. The number of carbonyl (C=O) groups excluding carboxylic acids is 1. The first-order chi connectivity index (χ1) is 21.1. The molecule has 0 aliphatic carbocycles. The summed E-state index contributed by atoms with van der Waals surface area (Å²) in [7, 11) is 3.18. The molecule has 2 heterocycles. The Hall–Kier alpha value is -5.98. The van der Waals surface area contributed by atoms with E-state index in [-0.39, 0.29) is 17.8 Å². The van der Waals surface area contributed by atoms with Gasteiger partial charge in [-0.05, 0) is 67.1 Å². The van der Waals surface area contributed by atoms with E-state index < -0.39 is 34.5 Å². The highest BCUT2D eigenvalue weighted by Crippen LogP contribution is 2.35. The van der Waals surface area contributed by atoms with Crippen molar-refractivity contribution in [3.05, 3.63) is 116 Å². The minimum Gasteiger partial charge on any atom is -0.493 e. The van der Waals surface area contributed by atoms with Gasteiger partial charge in [-0.2, -0.15) is 0 Å². The average Bonchev–Trinajstić information content (AvgIpc) is 3.01. The van der Waals surface area contributed by atoms with Crippen LogP contribution in [-0.4, -0.2) is 45.7 Å². The van der Waals surface area contributed by atoms with Gasteiger partial charge in [-0.1, -0.05) is 6.92 Å². The number of halogens is 1. The molecule has 0 atom stereocenters. The average molecular weight is 602 g/mol. The molecule has 0 saturated carbocycles. The van der Waals surface area contributed by atoms with Gasteiger partial charge in [-0.3, -0.25) is 14.6 Å². The first kappa shape index (κ1) is 31.0. The summed E-state index contributed by atoms with van der Waals surface area (Å²) in [5, 5.41) is 13.3. The van der Waals surface area contributed by atoms with Crippen molar-refractivity contribution < 1.29 is 28.6 Å². The summed E-state index contributed by atoms with van der Waals surface area (Å²) < 4.78 is 24.2. The Morgan fingerprint density at radius 2 is 1.64 bits per heavy atom. The van der Waals surface area contributed by atoms with Crippen LogP contribution in [0.15, 0.2) is 82.5 Å². The van der Waals surface area contributed by atoms with E-state index in [2.05, 4.69) is 15.3 Å². The van der Waals surface area contributed by atoms with Gasteiger partial charge in [0.15, 0.2) is 11.5 Å². The molecule has 0 spiro atoms. The van der Waals surface area contributed by atoms with Crippen molar-refractivity contribution >= 4 is 34.2 Å². The number of carboxylic acids is 1. The molecule has 44 heavy (non-hydrogen) atoms. The number of aromatic amines is 1. The summed E-state index contributed by atoms with van der Waals surface area (Å²) in [5.41, 5.74) is 6.18. The van der Waals surface area contributed by atoms with Gasteiger partial charge in [0.05, 0.1) is 25.4 Å². The van der Waals surface area contributed by atoms with Crippen LogP contribution in [0.2, 0.25) is 0 Å². The number of nitrogens with zero attached hydrogens (tertiary/aromatic N) is 2. The second-order valence-corrected chi connectivity index (χ2v) is 9.21. The zero-order valence-corrected chi connectivity index (χ0v) is 23.9. The quantitative estimate of drug-likeness (QED) is 0.204. The van der Waals surface area contributed by atoms with Crippen LogP contribution in [0.1, 0.15) is 33.3 Å². The van der Waals surface area contributed by atoms with Crippen LogP contribution in [0, 0.1) is 5.82 Å².